The first-order chi connectivity index (χ1) is 8.59. The zero-order valence-corrected chi connectivity index (χ0v) is 11.8. The lowest BCUT2D eigenvalue weighted by Crippen LogP contribution is -2.27. The zero-order valence-electron chi connectivity index (χ0n) is 10.9. The lowest BCUT2D eigenvalue weighted by molar-refractivity contribution is 0.199. The summed E-state index contributed by atoms with van der Waals surface area (Å²) in [6.45, 7) is 5.42. The predicted octanol–water partition coefficient (Wildman–Crippen LogP) is 3.13. The molecule has 2 nitrogen and oxygen atoms in total. The molecule has 1 aliphatic heterocycles. The summed E-state index contributed by atoms with van der Waals surface area (Å²) in [5, 5.41) is 9.82. The Morgan fingerprint density at radius 2 is 2.11 bits per heavy atom. The first kappa shape index (κ1) is 13.7. The average molecular weight is 269 g/mol. The fourth-order valence-corrected chi connectivity index (χ4v) is 3.16. The molecule has 0 saturated carbocycles. The van der Waals surface area contributed by atoms with E-state index in [1.54, 1.807) is 13.8 Å². The number of nitrogens with zero attached hydrogens (tertiary/aromatic N) is 1. The number of rotatable bonds is 2. The molecule has 1 saturated heterocycles. The van der Waals surface area contributed by atoms with E-state index in [2.05, 4.69) is 4.90 Å². The molecule has 0 spiro atoms. The molecule has 1 N–H and O–H groups in total. The van der Waals surface area contributed by atoms with Crippen molar-refractivity contribution in [2.45, 2.75) is 26.4 Å². The summed E-state index contributed by atoms with van der Waals surface area (Å²) in [5.41, 5.74) is 2.34. The molecule has 1 heterocycles. The van der Waals surface area contributed by atoms with Gasteiger partial charge in [-0.05, 0) is 43.7 Å². The summed E-state index contributed by atoms with van der Waals surface area (Å²) in [6, 6.07) is 3.35. The van der Waals surface area contributed by atoms with Gasteiger partial charge in [0.05, 0.1) is 6.10 Å². The lowest BCUT2D eigenvalue weighted by atomic mass is 10.0. The van der Waals surface area contributed by atoms with E-state index < -0.39 is 6.10 Å². The highest BCUT2D eigenvalue weighted by atomic mass is 32.2. The lowest BCUT2D eigenvalue weighted by Gasteiger charge is -2.27. The van der Waals surface area contributed by atoms with Gasteiger partial charge in [-0.1, -0.05) is 0 Å². The van der Waals surface area contributed by atoms with E-state index in [-0.39, 0.29) is 5.82 Å². The number of hydrogen-bond donors (Lipinski definition) is 1. The maximum Gasteiger partial charge on any atom is 0.126 e. The van der Waals surface area contributed by atoms with Gasteiger partial charge in [-0.2, -0.15) is 11.8 Å². The van der Waals surface area contributed by atoms with Gasteiger partial charge in [0.15, 0.2) is 0 Å². The molecular formula is C14H20FNOS. The third-order valence-corrected chi connectivity index (χ3v) is 4.37. The van der Waals surface area contributed by atoms with Crippen molar-refractivity contribution < 1.29 is 9.50 Å². The summed E-state index contributed by atoms with van der Waals surface area (Å²) in [5.74, 6) is 2.04. The molecule has 0 aliphatic carbocycles. The maximum atomic E-state index is 13.6. The fourth-order valence-electron chi connectivity index (χ4n) is 2.28. The molecule has 0 bridgehead atoms. The minimum atomic E-state index is -0.633. The minimum Gasteiger partial charge on any atom is -0.389 e. The summed E-state index contributed by atoms with van der Waals surface area (Å²) in [4.78, 5) is 2.27. The van der Waals surface area contributed by atoms with Crippen LogP contribution in [-0.4, -0.2) is 29.7 Å². The van der Waals surface area contributed by atoms with E-state index in [0.29, 0.717) is 11.1 Å². The van der Waals surface area contributed by atoms with Crippen LogP contribution in [0.15, 0.2) is 12.1 Å². The largest absolute Gasteiger partial charge is 0.389 e. The SMILES string of the molecule is Cc1cc(N2CCCSCC2)c([C@@H](C)O)cc1F. The highest BCUT2D eigenvalue weighted by Crippen LogP contribution is 2.30. The summed E-state index contributed by atoms with van der Waals surface area (Å²) in [7, 11) is 0. The van der Waals surface area contributed by atoms with Crippen molar-refractivity contribution in [2.75, 3.05) is 29.5 Å². The van der Waals surface area contributed by atoms with Crippen LogP contribution in [0.5, 0.6) is 0 Å². The summed E-state index contributed by atoms with van der Waals surface area (Å²) < 4.78 is 13.6. The zero-order chi connectivity index (χ0) is 13.1. The topological polar surface area (TPSA) is 23.5 Å². The molecule has 0 aromatic heterocycles. The molecule has 100 valence electrons. The van der Waals surface area contributed by atoms with Gasteiger partial charge in [-0.15, -0.1) is 0 Å². The van der Waals surface area contributed by atoms with Gasteiger partial charge in [-0.3, -0.25) is 0 Å². The standard InChI is InChI=1S/C14H20FNOS/c1-10-8-14(12(11(2)17)9-13(10)15)16-4-3-6-18-7-5-16/h8-9,11,17H,3-7H2,1-2H3/t11-/m1/s1. The molecule has 0 amide bonds. The number of thioether (sulfide) groups is 1. The molecule has 1 atom stereocenters. The third kappa shape index (κ3) is 2.98. The van der Waals surface area contributed by atoms with Gasteiger partial charge >= 0.3 is 0 Å². The Balaban J connectivity index is 2.37. The van der Waals surface area contributed by atoms with Gasteiger partial charge < -0.3 is 10.0 Å². The van der Waals surface area contributed by atoms with E-state index in [0.717, 1.165) is 31.0 Å². The monoisotopic (exact) mass is 269 g/mol. The van der Waals surface area contributed by atoms with E-state index in [4.69, 9.17) is 0 Å². The number of aliphatic hydroxyl groups is 1. The molecule has 2 rings (SSSR count). The van der Waals surface area contributed by atoms with Crippen molar-refractivity contribution in [3.8, 4) is 0 Å². The minimum absolute atomic E-state index is 0.237. The Bertz CT molecular complexity index is 415. The maximum absolute atomic E-state index is 13.6. The number of hydrogen-bond acceptors (Lipinski definition) is 3. The van der Waals surface area contributed by atoms with Crippen LogP contribution in [-0.2, 0) is 0 Å². The van der Waals surface area contributed by atoms with Crippen molar-refractivity contribution in [1.29, 1.82) is 0 Å². The van der Waals surface area contributed by atoms with Crippen LogP contribution >= 0.6 is 11.8 Å². The highest BCUT2D eigenvalue weighted by Gasteiger charge is 2.18. The number of halogens is 1. The average Bonchev–Trinajstić information content (AvgIpc) is 2.60. The molecule has 1 aromatic carbocycles. The Labute approximate surface area is 112 Å². The van der Waals surface area contributed by atoms with Gasteiger partial charge in [0.25, 0.3) is 0 Å². The van der Waals surface area contributed by atoms with Crippen molar-refractivity contribution in [3.05, 3.63) is 29.1 Å². The normalized spacial score (nSPS) is 18.6. The molecule has 1 aromatic rings. The van der Waals surface area contributed by atoms with Crippen molar-refractivity contribution >= 4 is 17.4 Å². The Kier molecular flexibility index (Phi) is 4.51. The second-order valence-electron chi connectivity index (χ2n) is 4.79. The first-order valence-electron chi connectivity index (χ1n) is 6.40. The van der Waals surface area contributed by atoms with E-state index in [1.807, 2.05) is 17.8 Å². The van der Waals surface area contributed by atoms with Gasteiger partial charge in [-0.25, -0.2) is 4.39 Å². The van der Waals surface area contributed by atoms with E-state index in [1.165, 1.54) is 11.8 Å². The molecule has 0 unspecified atom stereocenters. The Morgan fingerprint density at radius 1 is 1.33 bits per heavy atom. The second kappa shape index (κ2) is 5.93. The highest BCUT2D eigenvalue weighted by molar-refractivity contribution is 7.99. The van der Waals surface area contributed by atoms with Crippen LogP contribution in [0.3, 0.4) is 0 Å². The predicted molar refractivity (Wildman–Crippen MR) is 75.9 cm³/mol. The number of benzene rings is 1. The van der Waals surface area contributed by atoms with E-state index >= 15 is 0 Å². The summed E-state index contributed by atoms with van der Waals surface area (Å²) in [6.07, 6.45) is 0.506. The molecular weight excluding hydrogens is 249 g/mol. The van der Waals surface area contributed by atoms with Crippen LogP contribution in [0.1, 0.15) is 30.6 Å². The third-order valence-electron chi connectivity index (χ3n) is 3.32. The Hall–Kier alpha value is -0.740. The fraction of sp³-hybridized carbons (Fsp3) is 0.571. The molecule has 1 fully saturated rings. The van der Waals surface area contributed by atoms with Crippen LogP contribution in [0.2, 0.25) is 0 Å². The number of aryl methyl sites for hydroxylation is 1. The van der Waals surface area contributed by atoms with Crippen molar-refractivity contribution in [1.82, 2.24) is 0 Å². The van der Waals surface area contributed by atoms with Gasteiger partial charge in [0.1, 0.15) is 5.82 Å². The van der Waals surface area contributed by atoms with Gasteiger partial charge in [0.2, 0.25) is 0 Å². The van der Waals surface area contributed by atoms with Crippen molar-refractivity contribution in [2.24, 2.45) is 0 Å². The molecule has 18 heavy (non-hydrogen) atoms. The quantitative estimate of drug-likeness (QED) is 0.892. The van der Waals surface area contributed by atoms with Crippen LogP contribution in [0.4, 0.5) is 10.1 Å². The van der Waals surface area contributed by atoms with Gasteiger partial charge in [0, 0.05) is 30.1 Å². The Morgan fingerprint density at radius 3 is 2.83 bits per heavy atom. The summed E-state index contributed by atoms with van der Waals surface area (Å²) >= 11 is 1.96. The second-order valence-corrected chi connectivity index (χ2v) is 6.01. The smallest absolute Gasteiger partial charge is 0.126 e. The molecule has 1 aliphatic rings. The van der Waals surface area contributed by atoms with E-state index in [9.17, 15) is 9.50 Å². The van der Waals surface area contributed by atoms with Crippen LogP contribution in [0.25, 0.3) is 0 Å². The van der Waals surface area contributed by atoms with Crippen LogP contribution < -0.4 is 4.90 Å². The van der Waals surface area contributed by atoms with Crippen molar-refractivity contribution in [3.63, 3.8) is 0 Å². The first-order valence-corrected chi connectivity index (χ1v) is 7.56. The number of anilines is 1. The number of aliphatic hydroxyl groups excluding tert-OH is 1. The molecule has 0 radical (unpaired) electrons. The molecule has 4 heteroatoms. The van der Waals surface area contributed by atoms with Crippen LogP contribution in [0, 0.1) is 12.7 Å².